The number of H-pyrrole nitrogens is 1. The van der Waals surface area contributed by atoms with Gasteiger partial charge in [-0.05, 0) is 80.0 Å². The van der Waals surface area contributed by atoms with E-state index in [1.807, 2.05) is 18.3 Å². The number of aromatic amines is 1. The first-order valence-corrected chi connectivity index (χ1v) is 15.1. The highest BCUT2D eigenvalue weighted by Gasteiger charge is 2.63. The van der Waals surface area contributed by atoms with E-state index in [0.717, 1.165) is 55.2 Å². The van der Waals surface area contributed by atoms with Crippen LogP contribution in [-0.2, 0) is 28.0 Å². The molecule has 8 rings (SSSR count). The van der Waals surface area contributed by atoms with Crippen LogP contribution in [0.3, 0.4) is 0 Å². The zero-order chi connectivity index (χ0) is 24.5. The number of ether oxygens (including phenoxy) is 1. The summed E-state index contributed by atoms with van der Waals surface area (Å²) in [6.45, 7) is 3.35. The van der Waals surface area contributed by atoms with Gasteiger partial charge in [0.1, 0.15) is 0 Å². The Morgan fingerprint density at radius 1 is 1.14 bits per heavy atom. The molecule has 6 aliphatic rings. The largest absolute Gasteiger partial charge is 0.375 e. The standard InChI is InChI=1S/C26H34ClN5O3S/c27-21-2-3-23-20(10-21)15-31(36(33,34)30-7-5-26(6-8-30)4-1-9-35-26)17-24(25-11-19(12-25)13-25)32(23)16-22-14-28-18-29-22/h2-3,10,14,18-19,24H,1,4-9,11-13,15-17H2,(H,28,29)/t19?,24-,25?/m0/s1. The maximum absolute atomic E-state index is 14.2. The highest BCUT2D eigenvalue weighted by Crippen LogP contribution is 2.67. The number of imidazole rings is 1. The Balaban J connectivity index is 1.23. The topological polar surface area (TPSA) is 81.8 Å². The predicted octanol–water partition coefficient (Wildman–Crippen LogP) is 3.94. The molecule has 1 aromatic carbocycles. The molecule has 3 aliphatic carbocycles. The van der Waals surface area contributed by atoms with E-state index in [9.17, 15) is 8.42 Å². The lowest BCUT2D eigenvalue weighted by molar-refractivity contribution is -0.128. The first-order valence-electron chi connectivity index (χ1n) is 13.3. The van der Waals surface area contributed by atoms with Crippen molar-refractivity contribution < 1.29 is 13.2 Å². The van der Waals surface area contributed by atoms with Crippen LogP contribution in [0.15, 0.2) is 30.7 Å². The minimum absolute atomic E-state index is 0.109. The summed E-state index contributed by atoms with van der Waals surface area (Å²) in [5.74, 6) is 0.807. The van der Waals surface area contributed by atoms with Crippen molar-refractivity contribution in [2.75, 3.05) is 31.1 Å². The van der Waals surface area contributed by atoms with Crippen molar-refractivity contribution in [3.05, 3.63) is 47.0 Å². The molecule has 2 bridgehead atoms. The van der Waals surface area contributed by atoms with E-state index in [4.69, 9.17) is 16.3 Å². The summed E-state index contributed by atoms with van der Waals surface area (Å²) in [6, 6.07) is 6.05. The first-order chi connectivity index (χ1) is 17.4. The molecule has 0 amide bonds. The second-order valence-corrected chi connectivity index (χ2v) is 14.0. The van der Waals surface area contributed by atoms with Crippen molar-refractivity contribution in [1.82, 2.24) is 18.6 Å². The molecule has 0 radical (unpaired) electrons. The lowest BCUT2D eigenvalue weighted by atomic mass is 9.41. The van der Waals surface area contributed by atoms with Gasteiger partial charge in [-0.15, -0.1) is 0 Å². The summed E-state index contributed by atoms with van der Waals surface area (Å²) >= 11 is 6.45. The highest BCUT2D eigenvalue weighted by molar-refractivity contribution is 7.86. The van der Waals surface area contributed by atoms with Crippen LogP contribution in [-0.4, -0.2) is 64.9 Å². The number of nitrogens with zero attached hydrogens (tertiary/aromatic N) is 4. The molecule has 3 saturated carbocycles. The third-order valence-corrected chi connectivity index (χ3v) is 11.8. The van der Waals surface area contributed by atoms with Crippen molar-refractivity contribution >= 4 is 27.5 Å². The molecule has 10 heteroatoms. The summed E-state index contributed by atoms with van der Waals surface area (Å²) in [4.78, 5) is 9.92. The zero-order valence-corrected chi connectivity index (χ0v) is 22.1. The Labute approximate surface area is 218 Å². The van der Waals surface area contributed by atoms with Gasteiger partial charge in [0.05, 0.1) is 24.2 Å². The van der Waals surface area contributed by atoms with Gasteiger partial charge >= 0.3 is 0 Å². The number of halogens is 1. The molecular weight excluding hydrogens is 498 g/mol. The van der Waals surface area contributed by atoms with Crippen LogP contribution in [0.25, 0.3) is 0 Å². The summed E-state index contributed by atoms with van der Waals surface area (Å²) in [5.41, 5.74) is 3.15. The fourth-order valence-electron chi connectivity index (χ4n) is 7.52. The molecule has 4 heterocycles. The number of fused-ring (bicyclic) bond motifs is 1. The second kappa shape index (κ2) is 8.43. The number of piperidine rings is 1. The van der Waals surface area contributed by atoms with Gasteiger partial charge in [0.2, 0.25) is 0 Å². The molecule has 2 saturated heterocycles. The van der Waals surface area contributed by atoms with Crippen LogP contribution >= 0.6 is 11.6 Å². The molecule has 2 aromatic rings. The first kappa shape index (κ1) is 23.5. The van der Waals surface area contributed by atoms with Crippen molar-refractivity contribution in [2.45, 2.75) is 69.7 Å². The fraction of sp³-hybridized carbons (Fsp3) is 0.654. The van der Waals surface area contributed by atoms with Gasteiger partial charge in [0.25, 0.3) is 10.2 Å². The Kier molecular flexibility index (Phi) is 5.49. The number of nitrogens with one attached hydrogen (secondary N) is 1. The minimum atomic E-state index is -3.63. The maximum Gasteiger partial charge on any atom is 0.282 e. The lowest BCUT2D eigenvalue weighted by Crippen LogP contribution is -2.66. The van der Waals surface area contributed by atoms with Gasteiger partial charge in [-0.25, -0.2) is 4.98 Å². The number of hydrogen-bond donors (Lipinski definition) is 1. The van der Waals surface area contributed by atoms with Crippen LogP contribution in [0.5, 0.6) is 0 Å². The van der Waals surface area contributed by atoms with Crippen LogP contribution in [0, 0.1) is 11.3 Å². The normalized spacial score (nSPS) is 32.1. The zero-order valence-electron chi connectivity index (χ0n) is 20.5. The highest BCUT2D eigenvalue weighted by atomic mass is 35.5. The molecule has 1 atom stereocenters. The molecule has 1 N–H and O–H groups in total. The second-order valence-electron chi connectivity index (χ2n) is 11.7. The average Bonchev–Trinajstić information content (AvgIpc) is 3.44. The van der Waals surface area contributed by atoms with Gasteiger partial charge in [-0.1, -0.05) is 11.6 Å². The van der Waals surface area contributed by atoms with Gasteiger partial charge in [-0.3, -0.25) is 0 Å². The van der Waals surface area contributed by atoms with Gasteiger partial charge in [-0.2, -0.15) is 17.0 Å². The van der Waals surface area contributed by atoms with E-state index in [1.165, 1.54) is 19.3 Å². The summed E-state index contributed by atoms with van der Waals surface area (Å²) in [7, 11) is -3.63. The number of rotatable bonds is 5. The summed E-state index contributed by atoms with van der Waals surface area (Å²) in [6.07, 6.45) is 10.8. The molecule has 36 heavy (non-hydrogen) atoms. The summed E-state index contributed by atoms with van der Waals surface area (Å²) in [5, 5.41) is 0.634. The maximum atomic E-state index is 14.2. The monoisotopic (exact) mass is 531 g/mol. The molecule has 0 unspecified atom stereocenters. The number of aromatic nitrogens is 2. The lowest BCUT2D eigenvalue weighted by Gasteiger charge is -2.67. The molecule has 194 valence electrons. The Bertz CT molecular complexity index is 1220. The smallest absolute Gasteiger partial charge is 0.282 e. The Hall–Kier alpha value is -1.65. The van der Waals surface area contributed by atoms with E-state index >= 15 is 0 Å². The van der Waals surface area contributed by atoms with E-state index < -0.39 is 10.2 Å². The van der Waals surface area contributed by atoms with Crippen LogP contribution in [0.2, 0.25) is 5.02 Å². The molecule has 1 spiro atoms. The minimum Gasteiger partial charge on any atom is -0.375 e. The van der Waals surface area contributed by atoms with Crippen LogP contribution < -0.4 is 4.90 Å². The molecule has 1 aromatic heterocycles. The van der Waals surface area contributed by atoms with Gasteiger partial charge < -0.3 is 14.6 Å². The predicted molar refractivity (Wildman–Crippen MR) is 138 cm³/mol. The van der Waals surface area contributed by atoms with E-state index in [-0.39, 0.29) is 17.1 Å². The van der Waals surface area contributed by atoms with Crippen molar-refractivity contribution in [3.8, 4) is 0 Å². The van der Waals surface area contributed by atoms with E-state index in [1.54, 1.807) is 14.9 Å². The van der Waals surface area contributed by atoms with Crippen molar-refractivity contribution in [2.24, 2.45) is 11.3 Å². The number of hydrogen-bond acceptors (Lipinski definition) is 5. The quantitative estimate of drug-likeness (QED) is 0.632. The SMILES string of the molecule is O=S(=O)(N1CCC2(CCCO2)CC1)N1Cc2cc(Cl)ccc2N(Cc2cnc[nH]2)[C@H](C23CC(C2)C3)C1. The molecule has 5 fully saturated rings. The third-order valence-electron chi connectivity index (χ3n) is 9.61. The number of benzene rings is 1. The van der Waals surface area contributed by atoms with Gasteiger partial charge in [0.15, 0.2) is 0 Å². The van der Waals surface area contributed by atoms with Crippen molar-refractivity contribution in [3.63, 3.8) is 0 Å². The van der Waals surface area contributed by atoms with Crippen LogP contribution in [0.1, 0.15) is 56.2 Å². The Morgan fingerprint density at radius 2 is 1.94 bits per heavy atom. The van der Waals surface area contributed by atoms with E-state index in [0.29, 0.717) is 37.7 Å². The van der Waals surface area contributed by atoms with Crippen LogP contribution in [0.4, 0.5) is 5.69 Å². The van der Waals surface area contributed by atoms with E-state index in [2.05, 4.69) is 20.9 Å². The number of anilines is 1. The molecule has 8 nitrogen and oxygen atoms in total. The summed E-state index contributed by atoms with van der Waals surface area (Å²) < 4.78 is 37.8. The third kappa shape index (κ3) is 3.73. The average molecular weight is 532 g/mol. The Morgan fingerprint density at radius 3 is 2.58 bits per heavy atom. The molecular formula is C26H34ClN5O3S. The molecule has 3 aliphatic heterocycles. The van der Waals surface area contributed by atoms with Gasteiger partial charge in [0, 0.05) is 55.7 Å². The van der Waals surface area contributed by atoms with Crippen molar-refractivity contribution in [1.29, 1.82) is 0 Å². The fourth-order valence-corrected chi connectivity index (χ4v) is 9.31.